The number of aromatic nitrogens is 3. The molecule has 110 valence electrons. The van der Waals surface area contributed by atoms with Gasteiger partial charge in [0.2, 0.25) is 0 Å². The van der Waals surface area contributed by atoms with E-state index in [4.69, 9.17) is 23.2 Å². The van der Waals surface area contributed by atoms with Crippen molar-refractivity contribution in [2.24, 2.45) is 0 Å². The number of amides is 1. The predicted octanol–water partition coefficient (Wildman–Crippen LogP) is 2.80. The Bertz CT molecular complexity index is 698. The fourth-order valence-electron chi connectivity index (χ4n) is 2.48. The Morgan fingerprint density at radius 1 is 1.38 bits per heavy atom. The first-order valence-electron chi connectivity index (χ1n) is 6.67. The highest BCUT2D eigenvalue weighted by Gasteiger charge is 2.21. The molecule has 0 saturated heterocycles. The van der Waals surface area contributed by atoms with Crippen LogP contribution in [-0.4, -0.2) is 32.6 Å². The summed E-state index contributed by atoms with van der Waals surface area (Å²) in [6.07, 6.45) is 2.03. The van der Waals surface area contributed by atoms with E-state index >= 15 is 0 Å². The fourth-order valence-corrected chi connectivity index (χ4v) is 2.97. The maximum atomic E-state index is 12.4. The molecule has 0 unspecified atom stereocenters. The quantitative estimate of drug-likeness (QED) is 0.872. The van der Waals surface area contributed by atoms with Crippen molar-refractivity contribution in [1.29, 1.82) is 0 Å². The molecule has 3 rings (SSSR count). The molecule has 0 spiro atoms. The standard InChI is InChI=1S/C14H14Cl2N4O/c1-19(8-13-18-17-12-3-2-6-20(12)13)14(21)10-5-4-9(15)7-11(10)16/h4-5,7H,2-3,6,8H2,1H3. The summed E-state index contributed by atoms with van der Waals surface area (Å²) < 4.78 is 2.08. The average molecular weight is 325 g/mol. The van der Waals surface area contributed by atoms with E-state index in [-0.39, 0.29) is 5.91 Å². The van der Waals surface area contributed by atoms with Crippen LogP contribution in [0.5, 0.6) is 0 Å². The van der Waals surface area contributed by atoms with Gasteiger partial charge >= 0.3 is 0 Å². The second kappa shape index (κ2) is 5.66. The van der Waals surface area contributed by atoms with E-state index in [0.29, 0.717) is 22.2 Å². The minimum atomic E-state index is -0.160. The molecule has 1 aromatic heterocycles. The van der Waals surface area contributed by atoms with E-state index in [2.05, 4.69) is 14.8 Å². The second-order valence-electron chi connectivity index (χ2n) is 5.07. The molecule has 0 saturated carbocycles. The Kier molecular flexibility index (Phi) is 3.87. The summed E-state index contributed by atoms with van der Waals surface area (Å²) in [7, 11) is 1.73. The van der Waals surface area contributed by atoms with Crippen molar-refractivity contribution >= 4 is 29.1 Å². The van der Waals surface area contributed by atoms with Crippen LogP contribution in [0.4, 0.5) is 0 Å². The minimum absolute atomic E-state index is 0.160. The van der Waals surface area contributed by atoms with Gasteiger partial charge in [-0.3, -0.25) is 4.79 Å². The van der Waals surface area contributed by atoms with Crippen molar-refractivity contribution in [3.05, 3.63) is 45.5 Å². The highest BCUT2D eigenvalue weighted by atomic mass is 35.5. The van der Waals surface area contributed by atoms with Crippen molar-refractivity contribution in [3.8, 4) is 0 Å². The largest absolute Gasteiger partial charge is 0.334 e. The van der Waals surface area contributed by atoms with Gasteiger partial charge in [-0.2, -0.15) is 0 Å². The number of hydrogen-bond donors (Lipinski definition) is 0. The highest BCUT2D eigenvalue weighted by Crippen LogP contribution is 2.23. The van der Waals surface area contributed by atoms with Crippen LogP contribution in [0.3, 0.4) is 0 Å². The van der Waals surface area contributed by atoms with Gasteiger partial charge in [0.15, 0.2) is 5.82 Å². The molecule has 0 atom stereocenters. The van der Waals surface area contributed by atoms with Crippen molar-refractivity contribution < 1.29 is 4.79 Å². The summed E-state index contributed by atoms with van der Waals surface area (Å²) in [5.74, 6) is 1.64. The van der Waals surface area contributed by atoms with Crippen LogP contribution in [0, 0.1) is 0 Å². The van der Waals surface area contributed by atoms with Crippen LogP contribution in [0.1, 0.15) is 28.4 Å². The van der Waals surface area contributed by atoms with Crippen molar-refractivity contribution in [2.75, 3.05) is 7.05 Å². The van der Waals surface area contributed by atoms with Crippen molar-refractivity contribution in [2.45, 2.75) is 25.9 Å². The molecule has 1 aliphatic rings. The molecule has 1 aliphatic heterocycles. The van der Waals surface area contributed by atoms with Crippen molar-refractivity contribution in [3.63, 3.8) is 0 Å². The normalized spacial score (nSPS) is 13.3. The summed E-state index contributed by atoms with van der Waals surface area (Å²) in [4.78, 5) is 14.0. The lowest BCUT2D eigenvalue weighted by Gasteiger charge is -2.17. The number of halogens is 2. The maximum absolute atomic E-state index is 12.4. The lowest BCUT2D eigenvalue weighted by Crippen LogP contribution is -2.28. The van der Waals surface area contributed by atoms with E-state index < -0.39 is 0 Å². The third-order valence-corrected chi connectivity index (χ3v) is 4.12. The number of rotatable bonds is 3. The number of fused-ring (bicyclic) bond motifs is 1. The molecule has 0 radical (unpaired) electrons. The van der Waals surface area contributed by atoms with Gasteiger partial charge in [0.25, 0.3) is 5.91 Å². The van der Waals surface area contributed by atoms with Gasteiger partial charge in [-0.15, -0.1) is 10.2 Å². The van der Waals surface area contributed by atoms with Crippen LogP contribution in [0.25, 0.3) is 0 Å². The zero-order valence-electron chi connectivity index (χ0n) is 11.5. The first kappa shape index (κ1) is 14.4. The van der Waals surface area contributed by atoms with Gasteiger partial charge in [0.1, 0.15) is 5.82 Å². The monoisotopic (exact) mass is 324 g/mol. The molecule has 1 aromatic carbocycles. The van der Waals surface area contributed by atoms with E-state index in [1.54, 1.807) is 30.1 Å². The predicted molar refractivity (Wildman–Crippen MR) is 80.6 cm³/mol. The van der Waals surface area contributed by atoms with E-state index in [9.17, 15) is 4.79 Å². The van der Waals surface area contributed by atoms with Gasteiger partial charge in [-0.05, 0) is 24.6 Å². The first-order chi connectivity index (χ1) is 10.1. The number of hydrogen-bond acceptors (Lipinski definition) is 3. The Balaban J connectivity index is 1.78. The molecule has 2 aromatic rings. The third-order valence-electron chi connectivity index (χ3n) is 3.57. The first-order valence-corrected chi connectivity index (χ1v) is 7.43. The van der Waals surface area contributed by atoms with E-state index in [1.807, 2.05) is 0 Å². The zero-order valence-corrected chi connectivity index (χ0v) is 13.0. The van der Waals surface area contributed by atoms with Gasteiger partial charge < -0.3 is 9.47 Å². The lowest BCUT2D eigenvalue weighted by atomic mass is 10.2. The molecule has 1 amide bonds. The summed E-state index contributed by atoms with van der Waals surface area (Å²) >= 11 is 11.9. The molecule has 0 N–H and O–H groups in total. The summed E-state index contributed by atoms with van der Waals surface area (Å²) in [6.45, 7) is 1.33. The maximum Gasteiger partial charge on any atom is 0.255 e. The lowest BCUT2D eigenvalue weighted by molar-refractivity contribution is 0.0780. The van der Waals surface area contributed by atoms with E-state index in [1.165, 1.54) is 0 Å². The molecular weight excluding hydrogens is 311 g/mol. The van der Waals surface area contributed by atoms with Crippen LogP contribution in [0.15, 0.2) is 18.2 Å². The molecule has 21 heavy (non-hydrogen) atoms. The van der Waals surface area contributed by atoms with Crippen molar-refractivity contribution in [1.82, 2.24) is 19.7 Å². The number of nitrogens with zero attached hydrogens (tertiary/aromatic N) is 4. The van der Waals surface area contributed by atoms with Gasteiger partial charge in [0, 0.05) is 25.0 Å². The molecule has 2 heterocycles. The Morgan fingerprint density at radius 3 is 2.95 bits per heavy atom. The van der Waals surface area contributed by atoms with Gasteiger partial charge in [-0.25, -0.2) is 0 Å². The second-order valence-corrected chi connectivity index (χ2v) is 5.92. The molecule has 0 aliphatic carbocycles. The summed E-state index contributed by atoms with van der Waals surface area (Å²) in [5.41, 5.74) is 0.435. The molecule has 0 bridgehead atoms. The Hall–Kier alpha value is -1.59. The summed E-state index contributed by atoms with van der Waals surface area (Å²) in [5, 5.41) is 9.16. The van der Waals surface area contributed by atoms with Crippen LogP contribution < -0.4 is 0 Å². The number of benzene rings is 1. The van der Waals surface area contributed by atoms with E-state index in [0.717, 1.165) is 31.0 Å². The van der Waals surface area contributed by atoms with Gasteiger partial charge in [0.05, 0.1) is 17.1 Å². The SMILES string of the molecule is CN(Cc1nnc2n1CCC2)C(=O)c1ccc(Cl)cc1Cl. The van der Waals surface area contributed by atoms with Crippen LogP contribution >= 0.6 is 23.2 Å². The van der Waals surface area contributed by atoms with Crippen LogP contribution in [-0.2, 0) is 19.5 Å². The highest BCUT2D eigenvalue weighted by molar-refractivity contribution is 6.36. The average Bonchev–Trinajstić information content (AvgIpc) is 3.03. The topological polar surface area (TPSA) is 51.0 Å². The number of carbonyl (C=O) groups is 1. The third kappa shape index (κ3) is 2.76. The fraction of sp³-hybridized carbons (Fsp3) is 0.357. The Morgan fingerprint density at radius 2 is 2.19 bits per heavy atom. The van der Waals surface area contributed by atoms with Gasteiger partial charge in [-0.1, -0.05) is 23.2 Å². The molecular formula is C14H14Cl2N4O. The molecule has 7 heteroatoms. The number of aryl methyl sites for hydroxylation is 1. The number of carbonyl (C=O) groups excluding carboxylic acids is 1. The Labute approximate surface area is 132 Å². The minimum Gasteiger partial charge on any atom is -0.334 e. The summed E-state index contributed by atoms with van der Waals surface area (Å²) in [6, 6.07) is 4.86. The molecule has 5 nitrogen and oxygen atoms in total. The molecule has 0 fully saturated rings. The zero-order chi connectivity index (χ0) is 15.0. The smallest absolute Gasteiger partial charge is 0.255 e. The van der Waals surface area contributed by atoms with Crippen LogP contribution in [0.2, 0.25) is 10.0 Å².